The van der Waals surface area contributed by atoms with Crippen LogP contribution in [0.5, 0.6) is 0 Å². The van der Waals surface area contributed by atoms with Gasteiger partial charge >= 0.3 is 0 Å². The normalized spacial score (nSPS) is 19.4. The first-order chi connectivity index (χ1) is 15.0. The topological polar surface area (TPSA) is 62.3 Å². The molecule has 158 valence electrons. The van der Waals surface area contributed by atoms with Gasteiger partial charge in [0.25, 0.3) is 5.91 Å². The van der Waals surface area contributed by atoms with Gasteiger partial charge in [-0.2, -0.15) is 0 Å². The Morgan fingerprint density at radius 2 is 1.81 bits per heavy atom. The Hall–Kier alpha value is -3.21. The zero-order valence-corrected chi connectivity index (χ0v) is 17.8. The van der Waals surface area contributed by atoms with E-state index in [1.165, 1.54) is 0 Å². The molecule has 2 amide bonds. The van der Waals surface area contributed by atoms with Crippen LogP contribution in [0.3, 0.4) is 0 Å². The third kappa shape index (κ3) is 3.92. The number of benzene rings is 2. The van der Waals surface area contributed by atoms with Gasteiger partial charge in [0.15, 0.2) is 0 Å². The van der Waals surface area contributed by atoms with Crippen LogP contribution in [0.4, 0.5) is 0 Å². The summed E-state index contributed by atoms with van der Waals surface area (Å²) in [6, 6.07) is 19.9. The number of carbonyl (C=O) groups is 2. The Labute approximate surface area is 182 Å². The van der Waals surface area contributed by atoms with Crippen molar-refractivity contribution in [1.82, 2.24) is 15.2 Å². The third-order valence-electron chi connectivity index (χ3n) is 6.94. The molecule has 0 radical (unpaired) electrons. The Morgan fingerprint density at radius 3 is 2.58 bits per heavy atom. The molecule has 2 fully saturated rings. The predicted molar refractivity (Wildman–Crippen MR) is 120 cm³/mol. The Kier molecular flexibility index (Phi) is 4.97. The average Bonchev–Trinajstić information content (AvgIpc) is 3.50. The fourth-order valence-corrected chi connectivity index (χ4v) is 4.93. The lowest BCUT2D eigenvalue weighted by Crippen LogP contribution is -2.40. The van der Waals surface area contributed by atoms with Gasteiger partial charge in [-0.05, 0) is 66.6 Å². The number of aryl methyl sites for hydroxylation is 1. The lowest BCUT2D eigenvalue weighted by Gasteiger charge is -2.33. The van der Waals surface area contributed by atoms with Crippen LogP contribution in [0.15, 0.2) is 60.7 Å². The highest BCUT2D eigenvalue weighted by Crippen LogP contribution is 2.59. The molecule has 1 aliphatic carbocycles. The van der Waals surface area contributed by atoms with Crippen molar-refractivity contribution < 1.29 is 9.59 Å². The molecule has 2 heterocycles. The monoisotopic (exact) mass is 413 g/mol. The highest BCUT2D eigenvalue weighted by molar-refractivity contribution is 5.98. The maximum Gasteiger partial charge on any atom is 0.253 e. The molecule has 1 aromatic heterocycles. The Morgan fingerprint density at radius 1 is 1.03 bits per heavy atom. The number of piperidine rings is 1. The van der Waals surface area contributed by atoms with Gasteiger partial charge in [-0.3, -0.25) is 14.6 Å². The predicted octanol–water partition coefficient (Wildman–Crippen LogP) is 4.10. The van der Waals surface area contributed by atoms with Gasteiger partial charge in [0.05, 0.1) is 12.2 Å². The third-order valence-corrected chi connectivity index (χ3v) is 6.94. The molecule has 5 heteroatoms. The minimum Gasteiger partial charge on any atom is -0.350 e. The van der Waals surface area contributed by atoms with Crippen molar-refractivity contribution in [3.05, 3.63) is 77.6 Å². The number of amides is 2. The maximum atomic E-state index is 13.0. The van der Waals surface area contributed by atoms with Crippen LogP contribution in [-0.4, -0.2) is 34.8 Å². The summed E-state index contributed by atoms with van der Waals surface area (Å²) in [6.07, 6.45) is 2.72. The molecular formula is C26H27N3O2. The second kappa shape index (κ2) is 7.80. The van der Waals surface area contributed by atoms with E-state index in [9.17, 15) is 9.59 Å². The van der Waals surface area contributed by atoms with Crippen LogP contribution < -0.4 is 5.32 Å². The SMILES string of the molecule is Cc1cccc(CNC(=O)C2CC23CCN(C(=O)c2ccc4ccccc4c2)CC3)n1. The zero-order valence-electron chi connectivity index (χ0n) is 17.8. The van der Waals surface area contributed by atoms with Crippen molar-refractivity contribution in [2.24, 2.45) is 11.3 Å². The summed E-state index contributed by atoms with van der Waals surface area (Å²) in [5.41, 5.74) is 2.66. The molecule has 2 aromatic carbocycles. The first-order valence-electron chi connectivity index (χ1n) is 11.0. The van der Waals surface area contributed by atoms with Crippen molar-refractivity contribution in [3.8, 4) is 0 Å². The molecule has 1 aliphatic heterocycles. The number of pyridine rings is 1. The second-order valence-electron chi connectivity index (χ2n) is 8.96. The van der Waals surface area contributed by atoms with Crippen LogP contribution in [0.1, 0.15) is 41.0 Å². The molecule has 3 aromatic rings. The molecule has 1 saturated heterocycles. The van der Waals surface area contributed by atoms with E-state index >= 15 is 0 Å². The lowest BCUT2D eigenvalue weighted by molar-refractivity contribution is -0.123. The van der Waals surface area contributed by atoms with Gasteiger partial charge in [-0.25, -0.2) is 0 Å². The maximum absolute atomic E-state index is 13.0. The second-order valence-corrected chi connectivity index (χ2v) is 8.96. The molecule has 31 heavy (non-hydrogen) atoms. The molecule has 5 nitrogen and oxygen atoms in total. The summed E-state index contributed by atoms with van der Waals surface area (Å²) in [6.45, 7) is 3.86. The fourth-order valence-electron chi connectivity index (χ4n) is 4.93. The summed E-state index contributed by atoms with van der Waals surface area (Å²) in [7, 11) is 0. The van der Waals surface area contributed by atoms with E-state index in [2.05, 4.69) is 16.4 Å². The average molecular weight is 414 g/mol. The number of fused-ring (bicyclic) bond motifs is 1. The van der Waals surface area contributed by atoms with E-state index in [0.29, 0.717) is 6.54 Å². The van der Waals surface area contributed by atoms with E-state index in [1.807, 2.05) is 66.4 Å². The van der Waals surface area contributed by atoms with Crippen molar-refractivity contribution in [2.45, 2.75) is 32.7 Å². The number of hydrogen-bond donors (Lipinski definition) is 1. The Bertz CT molecular complexity index is 1150. The van der Waals surface area contributed by atoms with E-state index < -0.39 is 0 Å². The molecular weight excluding hydrogens is 386 g/mol. The van der Waals surface area contributed by atoms with Crippen LogP contribution in [0.25, 0.3) is 10.8 Å². The molecule has 2 aliphatic rings. The first-order valence-corrected chi connectivity index (χ1v) is 11.0. The lowest BCUT2D eigenvalue weighted by atomic mass is 9.90. The molecule has 1 unspecified atom stereocenters. The molecule has 0 bridgehead atoms. The van der Waals surface area contributed by atoms with Gasteiger partial charge in [-0.1, -0.05) is 36.4 Å². The summed E-state index contributed by atoms with van der Waals surface area (Å²) >= 11 is 0. The van der Waals surface area contributed by atoms with Crippen molar-refractivity contribution in [2.75, 3.05) is 13.1 Å². The number of nitrogens with one attached hydrogen (secondary N) is 1. The number of aromatic nitrogens is 1. The Balaban J connectivity index is 1.16. The van der Waals surface area contributed by atoms with Crippen LogP contribution >= 0.6 is 0 Å². The minimum absolute atomic E-state index is 0.0650. The number of hydrogen-bond acceptors (Lipinski definition) is 3. The highest BCUT2D eigenvalue weighted by atomic mass is 16.2. The van der Waals surface area contributed by atoms with Crippen LogP contribution in [0.2, 0.25) is 0 Å². The summed E-state index contributed by atoms with van der Waals surface area (Å²) in [4.78, 5) is 32.1. The van der Waals surface area contributed by atoms with Crippen molar-refractivity contribution in [3.63, 3.8) is 0 Å². The largest absolute Gasteiger partial charge is 0.350 e. The van der Waals surface area contributed by atoms with Crippen molar-refractivity contribution >= 4 is 22.6 Å². The smallest absolute Gasteiger partial charge is 0.253 e. The number of nitrogens with zero attached hydrogens (tertiary/aromatic N) is 2. The quantitative estimate of drug-likeness (QED) is 0.700. The standard InChI is InChI=1S/C26H27N3O2/c1-18-5-4-8-22(28-18)17-27-24(30)23-16-26(23)11-13-29(14-12-26)25(31)21-10-9-19-6-2-3-7-20(19)15-21/h2-10,15,23H,11-14,16-17H2,1H3,(H,27,30). The minimum atomic E-state index is 0.0650. The molecule has 5 rings (SSSR count). The molecule has 1 N–H and O–H groups in total. The fraction of sp³-hybridized carbons (Fsp3) is 0.346. The summed E-state index contributed by atoms with van der Waals surface area (Å²) in [5, 5.41) is 5.28. The highest BCUT2D eigenvalue weighted by Gasteiger charge is 2.58. The van der Waals surface area contributed by atoms with Crippen LogP contribution in [-0.2, 0) is 11.3 Å². The van der Waals surface area contributed by atoms with Gasteiger partial charge in [-0.15, -0.1) is 0 Å². The van der Waals surface area contributed by atoms with E-state index in [-0.39, 0.29) is 23.1 Å². The molecule has 1 spiro atoms. The van der Waals surface area contributed by atoms with E-state index in [1.54, 1.807) is 0 Å². The van der Waals surface area contributed by atoms with Crippen LogP contribution in [0, 0.1) is 18.3 Å². The van der Waals surface area contributed by atoms with Gasteiger partial charge in [0.2, 0.25) is 5.91 Å². The number of rotatable bonds is 4. The molecule has 1 saturated carbocycles. The van der Waals surface area contributed by atoms with Gasteiger partial charge in [0, 0.05) is 30.3 Å². The van der Waals surface area contributed by atoms with Gasteiger partial charge < -0.3 is 10.2 Å². The van der Waals surface area contributed by atoms with Crippen molar-refractivity contribution in [1.29, 1.82) is 0 Å². The number of carbonyl (C=O) groups excluding carboxylic acids is 2. The molecule has 1 atom stereocenters. The van der Waals surface area contributed by atoms with E-state index in [4.69, 9.17) is 0 Å². The summed E-state index contributed by atoms with van der Waals surface area (Å²) < 4.78 is 0. The summed E-state index contributed by atoms with van der Waals surface area (Å²) in [5.74, 6) is 0.278. The van der Waals surface area contributed by atoms with Gasteiger partial charge in [0.1, 0.15) is 0 Å². The van der Waals surface area contributed by atoms with E-state index in [0.717, 1.165) is 60.1 Å². The first kappa shape index (κ1) is 19.7. The zero-order chi connectivity index (χ0) is 21.4. The number of likely N-dealkylation sites (tertiary alicyclic amines) is 1.